The van der Waals surface area contributed by atoms with Crippen LogP contribution in [0.5, 0.6) is 0 Å². The number of allylic oxidation sites excluding steroid dienone is 9. The van der Waals surface area contributed by atoms with Crippen molar-refractivity contribution in [1.82, 2.24) is 10.6 Å². The van der Waals surface area contributed by atoms with Gasteiger partial charge in [0.05, 0.1) is 17.8 Å². The van der Waals surface area contributed by atoms with Gasteiger partial charge in [-0.15, -0.1) is 0 Å². The van der Waals surface area contributed by atoms with E-state index in [2.05, 4.69) is 91.8 Å². The number of hydrogen-bond acceptors (Lipinski definition) is 7. The van der Waals surface area contributed by atoms with Crippen LogP contribution in [0, 0.1) is 35.0 Å². The minimum atomic E-state index is -1.25. The third-order valence-electron chi connectivity index (χ3n) is 14.4. The lowest BCUT2D eigenvalue weighted by molar-refractivity contribution is -0.194. The molecule has 3 aliphatic carbocycles. The molecular weight excluding hydrogens is 733 g/mol. The first-order valence-corrected chi connectivity index (χ1v) is 22.2. The Morgan fingerprint density at radius 2 is 1.86 bits per heavy atom. The first-order chi connectivity index (χ1) is 28.4. The van der Waals surface area contributed by atoms with Crippen LogP contribution in [0.1, 0.15) is 82.4 Å². The van der Waals surface area contributed by atoms with Crippen molar-refractivity contribution >= 4 is 6.29 Å². The number of benzene rings is 2. The molecule has 6 rings (SSSR count). The van der Waals surface area contributed by atoms with Crippen molar-refractivity contribution in [3.63, 3.8) is 0 Å². The van der Waals surface area contributed by atoms with Crippen LogP contribution in [0.15, 0.2) is 125 Å². The number of aldehydes is 1. The Kier molecular flexibility index (Phi) is 15.4. The second-order valence-electron chi connectivity index (χ2n) is 18.3. The summed E-state index contributed by atoms with van der Waals surface area (Å²) in [6.45, 7) is 12.3. The molecule has 0 radical (unpaired) electrons. The van der Waals surface area contributed by atoms with Gasteiger partial charge in [0.15, 0.2) is 0 Å². The van der Waals surface area contributed by atoms with Crippen LogP contribution in [0.3, 0.4) is 0 Å². The molecule has 1 aliphatic heterocycles. The summed E-state index contributed by atoms with van der Waals surface area (Å²) in [5, 5.41) is 55.5. The molecular formula is C52H70N2O5. The summed E-state index contributed by atoms with van der Waals surface area (Å²) < 4.78 is 0. The summed E-state index contributed by atoms with van der Waals surface area (Å²) in [6, 6.07) is 19.5. The highest BCUT2D eigenvalue weighted by Gasteiger charge is 2.68. The third kappa shape index (κ3) is 9.93. The lowest BCUT2D eigenvalue weighted by atomic mass is 9.45. The standard InChI is InChI=1S/C52H70N2O5/c1-35-17-19-43(31-41-15-10-14-40(30-41)29-38(4)54-33-35)36(2)11-9-16-45(47(57)22-18-39-12-7-6-8-13-39)46-23-25-52(50(46)58)49-42(24-28-55)20-21-44(48(49)37(3)34-56)32-51(52,59)26-27-53-5/h6-17,20-21,30,34,38,42-44,46-47,49-50,53-55,57-59H,2,18-19,22-29,31-33H2,1,3-5H3/t38-,42+,43-,44+,46-,47-,49-,50-,51-,52-/m1/s1. The molecule has 2 aromatic carbocycles. The van der Waals surface area contributed by atoms with Gasteiger partial charge in [-0.3, -0.25) is 4.79 Å². The monoisotopic (exact) mass is 803 g/mol. The van der Waals surface area contributed by atoms with E-state index in [1.165, 1.54) is 16.7 Å². The van der Waals surface area contributed by atoms with Gasteiger partial charge in [-0.2, -0.15) is 0 Å². The lowest BCUT2D eigenvalue weighted by Crippen LogP contribution is -2.65. The molecule has 6 N–H and O–H groups in total. The minimum absolute atomic E-state index is 0.0376. The number of aliphatic hydroxyl groups excluding tert-OH is 3. The van der Waals surface area contributed by atoms with E-state index in [0.717, 1.165) is 54.4 Å². The third-order valence-corrected chi connectivity index (χ3v) is 14.4. The normalized spacial score (nSPS) is 32.6. The van der Waals surface area contributed by atoms with Crippen LogP contribution < -0.4 is 10.6 Å². The van der Waals surface area contributed by atoms with E-state index in [-0.39, 0.29) is 30.3 Å². The largest absolute Gasteiger partial charge is 0.396 e. The summed E-state index contributed by atoms with van der Waals surface area (Å²) in [4.78, 5) is 12.5. The molecule has 2 saturated carbocycles. The summed E-state index contributed by atoms with van der Waals surface area (Å²) >= 11 is 0. The van der Waals surface area contributed by atoms with Crippen molar-refractivity contribution in [3.8, 4) is 0 Å². The maximum Gasteiger partial charge on any atom is 0.145 e. The van der Waals surface area contributed by atoms with Crippen molar-refractivity contribution in [3.05, 3.63) is 142 Å². The first kappa shape index (κ1) is 44.9. The number of nitrogens with one attached hydrogen (secondary N) is 2. The van der Waals surface area contributed by atoms with Crippen LogP contribution in [-0.4, -0.2) is 77.3 Å². The molecule has 2 aromatic rings. The smallest absolute Gasteiger partial charge is 0.145 e. The molecule has 7 nitrogen and oxygen atoms in total. The van der Waals surface area contributed by atoms with Crippen molar-refractivity contribution in [2.75, 3.05) is 26.7 Å². The summed E-state index contributed by atoms with van der Waals surface area (Å²) in [5.74, 6) is -0.869. The van der Waals surface area contributed by atoms with Crippen LogP contribution >= 0.6 is 0 Å². The van der Waals surface area contributed by atoms with Gasteiger partial charge in [-0.25, -0.2) is 0 Å². The highest BCUT2D eigenvalue weighted by atomic mass is 16.3. The molecule has 7 heteroatoms. The Bertz CT molecular complexity index is 1910. The lowest BCUT2D eigenvalue weighted by Gasteiger charge is -2.61. The van der Waals surface area contributed by atoms with E-state index in [0.29, 0.717) is 63.1 Å². The van der Waals surface area contributed by atoms with Crippen LogP contribution in [0.2, 0.25) is 0 Å². The van der Waals surface area contributed by atoms with E-state index in [1.807, 2.05) is 44.3 Å². The topological polar surface area (TPSA) is 122 Å². The van der Waals surface area contributed by atoms with Crippen molar-refractivity contribution in [2.24, 2.45) is 35.0 Å². The molecule has 59 heavy (non-hydrogen) atoms. The zero-order valence-electron chi connectivity index (χ0n) is 36.0. The number of rotatable bonds is 14. The van der Waals surface area contributed by atoms with Gasteiger partial charge in [-0.05, 0) is 144 Å². The number of aryl methyl sites for hydroxylation is 1. The molecule has 0 saturated heterocycles. The average Bonchev–Trinajstić information content (AvgIpc) is 3.58. The predicted molar refractivity (Wildman–Crippen MR) is 240 cm³/mol. The Labute approximate surface area is 353 Å². The molecule has 2 fully saturated rings. The number of carbonyl (C=O) groups is 1. The second kappa shape index (κ2) is 20.2. The summed E-state index contributed by atoms with van der Waals surface area (Å²) in [6.07, 6.45) is 18.1. The van der Waals surface area contributed by atoms with Gasteiger partial charge in [0.2, 0.25) is 0 Å². The fraction of sp³-hybridized carbons (Fsp3) is 0.519. The van der Waals surface area contributed by atoms with E-state index in [4.69, 9.17) is 0 Å². The average molecular weight is 803 g/mol. The maximum absolute atomic E-state index is 13.1. The van der Waals surface area contributed by atoms with Gasteiger partial charge < -0.3 is 31.1 Å². The number of aliphatic hydroxyl groups is 4. The predicted octanol–water partition coefficient (Wildman–Crippen LogP) is 7.57. The number of hydrogen-bond donors (Lipinski definition) is 6. The summed E-state index contributed by atoms with van der Waals surface area (Å²) in [5.41, 5.74) is 6.23. The van der Waals surface area contributed by atoms with Crippen LogP contribution in [0.25, 0.3) is 0 Å². The molecule has 4 aliphatic rings. The highest BCUT2D eigenvalue weighted by molar-refractivity contribution is 5.74. The minimum Gasteiger partial charge on any atom is -0.396 e. The molecule has 318 valence electrons. The zero-order valence-corrected chi connectivity index (χ0v) is 36.0. The zero-order chi connectivity index (χ0) is 42.2. The Hall–Kier alpha value is -3.69. The molecule has 10 atom stereocenters. The SMILES string of the molecule is C=C(C=CC=C([C@H](O)CCc1ccccc1)[C@H]1CC[C@]2([C@@H]1O)[C@H]1C(=C(C)C=O)[C@@H](C=C[C@H]1CCO)C[C@]2(O)CCNC)[C@@H]1CC=C(C)CN[C@H](C)Cc2cccc(c2)C1. The van der Waals surface area contributed by atoms with Crippen LogP contribution in [0.4, 0.5) is 0 Å². The van der Waals surface area contributed by atoms with Gasteiger partial charge in [0.1, 0.15) is 6.29 Å². The van der Waals surface area contributed by atoms with E-state index in [1.54, 1.807) is 0 Å². The van der Waals surface area contributed by atoms with Gasteiger partial charge in [0, 0.05) is 36.4 Å². The number of carbonyl (C=O) groups excluding carboxylic acids is 1. The molecule has 4 bridgehead atoms. The van der Waals surface area contributed by atoms with Gasteiger partial charge in [-0.1, -0.05) is 114 Å². The van der Waals surface area contributed by atoms with Crippen molar-refractivity contribution in [1.29, 1.82) is 0 Å². The second-order valence-corrected chi connectivity index (χ2v) is 18.3. The summed E-state index contributed by atoms with van der Waals surface area (Å²) in [7, 11) is 1.88. The first-order valence-electron chi connectivity index (χ1n) is 22.2. The fourth-order valence-electron chi connectivity index (χ4n) is 11.3. The molecule has 0 amide bonds. The quantitative estimate of drug-likeness (QED) is 0.0505. The Morgan fingerprint density at radius 1 is 1.10 bits per heavy atom. The van der Waals surface area contributed by atoms with E-state index in [9.17, 15) is 25.2 Å². The fourth-order valence-corrected chi connectivity index (χ4v) is 11.3. The van der Waals surface area contributed by atoms with E-state index < -0.39 is 29.1 Å². The van der Waals surface area contributed by atoms with Crippen molar-refractivity contribution < 1.29 is 25.2 Å². The highest BCUT2D eigenvalue weighted by Crippen LogP contribution is 2.67. The van der Waals surface area contributed by atoms with E-state index >= 15 is 0 Å². The molecule has 1 spiro atoms. The molecule has 0 unspecified atom stereocenters. The maximum atomic E-state index is 13.1. The molecule has 1 heterocycles. The Balaban J connectivity index is 1.37. The van der Waals surface area contributed by atoms with Gasteiger partial charge >= 0.3 is 0 Å². The molecule has 0 aromatic heterocycles. The van der Waals surface area contributed by atoms with Gasteiger partial charge in [0.25, 0.3) is 0 Å². The number of fused-ring (bicyclic) bond motifs is 5. The Morgan fingerprint density at radius 3 is 2.59 bits per heavy atom. The van der Waals surface area contributed by atoms with Crippen LogP contribution in [-0.2, 0) is 24.1 Å². The van der Waals surface area contributed by atoms with Crippen molar-refractivity contribution in [2.45, 2.75) is 109 Å².